The number of alkyl halides is 1. The summed E-state index contributed by atoms with van der Waals surface area (Å²) in [6, 6.07) is 0. The first-order chi connectivity index (χ1) is 7.83. The van der Waals surface area contributed by atoms with Crippen LogP contribution < -0.4 is 0 Å². The van der Waals surface area contributed by atoms with Crippen LogP contribution >= 0.6 is 15.9 Å². The third-order valence-electron chi connectivity index (χ3n) is 3.18. The highest BCUT2D eigenvalue weighted by Crippen LogP contribution is 2.19. The van der Waals surface area contributed by atoms with E-state index in [4.69, 9.17) is 0 Å². The predicted octanol–water partition coefficient (Wildman–Crippen LogP) is 1.90. The van der Waals surface area contributed by atoms with Crippen LogP contribution in [0.4, 0.5) is 0 Å². The standard InChI is InChI=1S/C11H19BrN4/c1-2-16-11(13-9-14-16)8-15-5-3-4-10(6-12)7-15/h9-10H,2-8H2,1H3. The zero-order valence-electron chi connectivity index (χ0n) is 9.77. The Balaban J connectivity index is 1.93. The second-order valence-electron chi connectivity index (χ2n) is 4.39. The number of hydrogen-bond donors (Lipinski definition) is 0. The molecule has 0 aromatic carbocycles. The van der Waals surface area contributed by atoms with E-state index < -0.39 is 0 Å². The van der Waals surface area contributed by atoms with Crippen molar-refractivity contribution in [2.75, 3.05) is 18.4 Å². The normalized spacial score (nSPS) is 22.5. The number of rotatable bonds is 4. The molecule has 5 heteroatoms. The maximum atomic E-state index is 4.33. The quantitative estimate of drug-likeness (QED) is 0.793. The van der Waals surface area contributed by atoms with Gasteiger partial charge in [0.2, 0.25) is 0 Å². The smallest absolute Gasteiger partial charge is 0.140 e. The molecule has 1 aromatic heterocycles. The fourth-order valence-electron chi connectivity index (χ4n) is 2.30. The van der Waals surface area contributed by atoms with Crippen molar-refractivity contribution in [3.63, 3.8) is 0 Å². The summed E-state index contributed by atoms with van der Waals surface area (Å²) in [6.07, 6.45) is 4.31. The predicted molar refractivity (Wildman–Crippen MR) is 67.5 cm³/mol. The number of halogens is 1. The zero-order chi connectivity index (χ0) is 11.4. The average molecular weight is 287 g/mol. The Hall–Kier alpha value is -0.420. The minimum absolute atomic E-state index is 0.798. The maximum absolute atomic E-state index is 4.33. The Morgan fingerprint density at radius 2 is 2.44 bits per heavy atom. The van der Waals surface area contributed by atoms with Crippen LogP contribution in [0.3, 0.4) is 0 Å². The summed E-state index contributed by atoms with van der Waals surface area (Å²) in [5, 5.41) is 5.32. The SMILES string of the molecule is CCn1ncnc1CN1CCCC(CBr)C1. The van der Waals surface area contributed by atoms with Gasteiger partial charge in [-0.2, -0.15) is 5.10 Å². The van der Waals surface area contributed by atoms with Gasteiger partial charge in [-0.15, -0.1) is 0 Å². The molecule has 90 valence electrons. The molecule has 0 radical (unpaired) electrons. The number of aryl methyl sites for hydroxylation is 1. The van der Waals surface area contributed by atoms with Crippen LogP contribution in [-0.2, 0) is 13.1 Å². The second-order valence-corrected chi connectivity index (χ2v) is 5.04. The van der Waals surface area contributed by atoms with E-state index in [1.54, 1.807) is 6.33 Å². The van der Waals surface area contributed by atoms with Crippen molar-refractivity contribution >= 4 is 15.9 Å². The van der Waals surface area contributed by atoms with Crippen molar-refractivity contribution in [1.82, 2.24) is 19.7 Å². The first kappa shape index (κ1) is 12.0. The van der Waals surface area contributed by atoms with Gasteiger partial charge in [-0.05, 0) is 32.2 Å². The van der Waals surface area contributed by atoms with Gasteiger partial charge in [0.15, 0.2) is 0 Å². The molecule has 1 aliphatic rings. The molecule has 0 bridgehead atoms. The summed E-state index contributed by atoms with van der Waals surface area (Å²) in [4.78, 5) is 6.82. The molecular weight excluding hydrogens is 268 g/mol. The third kappa shape index (κ3) is 2.83. The molecule has 1 aliphatic heterocycles. The van der Waals surface area contributed by atoms with E-state index in [0.717, 1.165) is 30.2 Å². The molecule has 0 aliphatic carbocycles. The summed E-state index contributed by atoms with van der Waals surface area (Å²) in [6.45, 7) is 6.33. The lowest BCUT2D eigenvalue weighted by Crippen LogP contribution is -2.36. The fraction of sp³-hybridized carbons (Fsp3) is 0.818. The number of piperidine rings is 1. The first-order valence-corrected chi connectivity index (χ1v) is 7.10. The number of hydrogen-bond acceptors (Lipinski definition) is 3. The highest BCUT2D eigenvalue weighted by Gasteiger charge is 2.20. The summed E-state index contributed by atoms with van der Waals surface area (Å²) in [5.41, 5.74) is 0. The first-order valence-electron chi connectivity index (χ1n) is 5.98. The molecule has 0 amide bonds. The van der Waals surface area contributed by atoms with Crippen molar-refractivity contribution in [2.24, 2.45) is 5.92 Å². The lowest BCUT2D eigenvalue weighted by molar-refractivity contribution is 0.173. The van der Waals surface area contributed by atoms with Gasteiger partial charge in [0.1, 0.15) is 12.2 Å². The Kier molecular flexibility index (Phi) is 4.35. The van der Waals surface area contributed by atoms with E-state index in [-0.39, 0.29) is 0 Å². The summed E-state index contributed by atoms with van der Waals surface area (Å²) < 4.78 is 1.98. The second kappa shape index (κ2) is 5.77. The van der Waals surface area contributed by atoms with Gasteiger partial charge in [-0.25, -0.2) is 9.67 Å². The van der Waals surface area contributed by atoms with Crippen molar-refractivity contribution in [3.8, 4) is 0 Å². The van der Waals surface area contributed by atoms with Crippen LogP contribution in [0, 0.1) is 5.92 Å². The van der Waals surface area contributed by atoms with Crippen molar-refractivity contribution in [2.45, 2.75) is 32.9 Å². The highest BCUT2D eigenvalue weighted by atomic mass is 79.9. The van der Waals surface area contributed by atoms with Gasteiger partial charge >= 0.3 is 0 Å². The van der Waals surface area contributed by atoms with Crippen LogP contribution in [0.25, 0.3) is 0 Å². The molecule has 4 nitrogen and oxygen atoms in total. The van der Waals surface area contributed by atoms with Gasteiger partial charge < -0.3 is 0 Å². The average Bonchev–Trinajstić information content (AvgIpc) is 2.76. The fourth-order valence-corrected chi connectivity index (χ4v) is 2.82. The van der Waals surface area contributed by atoms with E-state index in [1.807, 2.05) is 4.68 Å². The molecule has 1 aromatic rings. The lowest BCUT2D eigenvalue weighted by atomic mass is 10.0. The molecule has 0 N–H and O–H groups in total. The molecule has 1 fully saturated rings. The monoisotopic (exact) mass is 286 g/mol. The van der Waals surface area contributed by atoms with E-state index in [2.05, 4.69) is 37.8 Å². The van der Waals surface area contributed by atoms with Crippen LogP contribution in [0.2, 0.25) is 0 Å². The van der Waals surface area contributed by atoms with Crippen LogP contribution in [-0.4, -0.2) is 38.1 Å². The molecular formula is C11H19BrN4. The van der Waals surface area contributed by atoms with Gasteiger partial charge in [0.25, 0.3) is 0 Å². The Bertz CT molecular complexity index is 326. The van der Waals surface area contributed by atoms with Crippen molar-refractivity contribution in [3.05, 3.63) is 12.2 Å². The van der Waals surface area contributed by atoms with Gasteiger partial charge in [0.05, 0.1) is 6.54 Å². The molecule has 2 rings (SSSR count). The van der Waals surface area contributed by atoms with Crippen LogP contribution in [0.1, 0.15) is 25.6 Å². The molecule has 16 heavy (non-hydrogen) atoms. The minimum atomic E-state index is 0.798. The number of likely N-dealkylation sites (tertiary alicyclic amines) is 1. The van der Waals surface area contributed by atoms with Crippen molar-refractivity contribution in [1.29, 1.82) is 0 Å². The van der Waals surface area contributed by atoms with E-state index in [0.29, 0.717) is 0 Å². The molecule has 1 unspecified atom stereocenters. The van der Waals surface area contributed by atoms with Crippen molar-refractivity contribution < 1.29 is 0 Å². The molecule has 2 heterocycles. The molecule has 0 saturated carbocycles. The largest absolute Gasteiger partial charge is 0.296 e. The maximum Gasteiger partial charge on any atom is 0.140 e. The summed E-state index contributed by atoms with van der Waals surface area (Å²) in [5.74, 6) is 1.89. The Morgan fingerprint density at radius 1 is 1.56 bits per heavy atom. The number of nitrogens with zero attached hydrogens (tertiary/aromatic N) is 4. The van der Waals surface area contributed by atoms with Crippen LogP contribution in [0.15, 0.2) is 6.33 Å². The van der Waals surface area contributed by atoms with Gasteiger partial charge in [-0.3, -0.25) is 4.90 Å². The van der Waals surface area contributed by atoms with E-state index in [1.165, 1.54) is 25.9 Å². The summed E-state index contributed by atoms with van der Waals surface area (Å²) >= 11 is 3.58. The zero-order valence-corrected chi connectivity index (χ0v) is 11.4. The topological polar surface area (TPSA) is 34.0 Å². The molecule has 1 saturated heterocycles. The third-order valence-corrected chi connectivity index (χ3v) is 4.10. The highest BCUT2D eigenvalue weighted by molar-refractivity contribution is 9.09. The Labute approximate surface area is 105 Å². The van der Waals surface area contributed by atoms with E-state index in [9.17, 15) is 0 Å². The Morgan fingerprint density at radius 3 is 3.19 bits per heavy atom. The summed E-state index contributed by atoms with van der Waals surface area (Å²) in [7, 11) is 0. The molecule has 0 spiro atoms. The minimum Gasteiger partial charge on any atom is -0.296 e. The van der Waals surface area contributed by atoms with Gasteiger partial charge in [-0.1, -0.05) is 15.9 Å². The lowest BCUT2D eigenvalue weighted by Gasteiger charge is -2.31. The van der Waals surface area contributed by atoms with Gasteiger partial charge in [0, 0.05) is 18.4 Å². The number of aromatic nitrogens is 3. The molecule has 1 atom stereocenters. The van der Waals surface area contributed by atoms with Crippen LogP contribution in [0.5, 0.6) is 0 Å². The van der Waals surface area contributed by atoms with E-state index >= 15 is 0 Å².